The molecule has 0 spiro atoms. The summed E-state index contributed by atoms with van der Waals surface area (Å²) in [5.41, 5.74) is 7.54. The summed E-state index contributed by atoms with van der Waals surface area (Å²) in [5, 5.41) is 10.4. The minimum Gasteiger partial charge on any atom is -0.309 e. The van der Waals surface area contributed by atoms with E-state index >= 15 is 0 Å². The van der Waals surface area contributed by atoms with E-state index < -0.39 is 0 Å². The van der Waals surface area contributed by atoms with E-state index in [9.17, 15) is 0 Å². The molecule has 0 amide bonds. The SMILES string of the molecule is c1ccc2cc3c(cc2c1)c1cccc2c4cc(-n5c6ccccc6c6ccccc65)ccc4n3c21. The Morgan fingerprint density at radius 2 is 0.944 bits per heavy atom. The molecule has 2 nitrogen and oxygen atoms in total. The van der Waals surface area contributed by atoms with Crippen LogP contribution < -0.4 is 0 Å². The fourth-order valence-corrected chi connectivity index (χ4v) is 6.49. The predicted molar refractivity (Wildman–Crippen MR) is 153 cm³/mol. The van der Waals surface area contributed by atoms with Crippen molar-refractivity contribution in [2.75, 3.05) is 0 Å². The van der Waals surface area contributed by atoms with Crippen LogP contribution in [0.4, 0.5) is 0 Å². The van der Waals surface area contributed by atoms with Gasteiger partial charge in [-0.15, -0.1) is 0 Å². The van der Waals surface area contributed by atoms with E-state index in [0.29, 0.717) is 0 Å². The normalized spacial score (nSPS) is 12.4. The Kier molecular flexibility index (Phi) is 3.31. The summed E-state index contributed by atoms with van der Waals surface area (Å²) in [6.45, 7) is 0. The van der Waals surface area contributed by atoms with E-state index in [0.717, 1.165) is 0 Å². The molecular formula is C34H20N2. The monoisotopic (exact) mass is 456 g/mol. The van der Waals surface area contributed by atoms with E-state index in [4.69, 9.17) is 0 Å². The molecule has 0 aliphatic heterocycles. The second-order valence-electron chi connectivity index (χ2n) is 9.82. The lowest BCUT2D eigenvalue weighted by atomic mass is 10.0. The summed E-state index contributed by atoms with van der Waals surface area (Å²) < 4.78 is 4.88. The zero-order chi connectivity index (χ0) is 23.4. The van der Waals surface area contributed by atoms with Gasteiger partial charge in [0.1, 0.15) is 0 Å². The largest absolute Gasteiger partial charge is 0.309 e. The first-order valence-corrected chi connectivity index (χ1v) is 12.5. The molecule has 0 unspecified atom stereocenters. The van der Waals surface area contributed by atoms with Gasteiger partial charge in [-0.25, -0.2) is 0 Å². The highest BCUT2D eigenvalue weighted by Gasteiger charge is 2.19. The van der Waals surface area contributed by atoms with Crippen molar-refractivity contribution < 1.29 is 0 Å². The van der Waals surface area contributed by atoms with Crippen LogP contribution in [-0.2, 0) is 0 Å². The summed E-state index contributed by atoms with van der Waals surface area (Å²) in [6.07, 6.45) is 0. The maximum absolute atomic E-state index is 2.47. The van der Waals surface area contributed by atoms with Gasteiger partial charge in [0, 0.05) is 38.0 Å². The van der Waals surface area contributed by atoms with Crippen molar-refractivity contribution in [1.82, 2.24) is 8.97 Å². The van der Waals surface area contributed by atoms with E-state index in [1.54, 1.807) is 0 Å². The van der Waals surface area contributed by atoms with Gasteiger partial charge in [0.15, 0.2) is 0 Å². The van der Waals surface area contributed by atoms with Gasteiger partial charge in [-0.2, -0.15) is 0 Å². The summed E-state index contributed by atoms with van der Waals surface area (Å²) in [6, 6.07) is 44.5. The number of benzene rings is 6. The molecule has 0 N–H and O–H groups in total. The zero-order valence-corrected chi connectivity index (χ0v) is 19.4. The van der Waals surface area contributed by atoms with Gasteiger partial charge in [-0.1, -0.05) is 78.9 Å². The topological polar surface area (TPSA) is 9.34 Å². The number of fused-ring (bicyclic) bond motifs is 10. The van der Waals surface area contributed by atoms with Crippen molar-refractivity contribution in [1.29, 1.82) is 0 Å². The van der Waals surface area contributed by atoms with Gasteiger partial charge in [0.25, 0.3) is 0 Å². The molecule has 9 aromatic rings. The highest BCUT2D eigenvalue weighted by molar-refractivity contribution is 6.25. The van der Waals surface area contributed by atoms with Crippen LogP contribution in [0.1, 0.15) is 0 Å². The minimum atomic E-state index is 1.20. The summed E-state index contributed by atoms with van der Waals surface area (Å²) in [7, 11) is 0. The molecule has 166 valence electrons. The number of aromatic nitrogens is 2. The predicted octanol–water partition coefficient (Wildman–Crippen LogP) is 9.09. The summed E-state index contributed by atoms with van der Waals surface area (Å²) in [4.78, 5) is 0. The Morgan fingerprint density at radius 3 is 1.67 bits per heavy atom. The average Bonchev–Trinajstić information content (AvgIpc) is 3.56. The van der Waals surface area contributed by atoms with Crippen molar-refractivity contribution in [3.63, 3.8) is 0 Å². The zero-order valence-electron chi connectivity index (χ0n) is 19.4. The third-order valence-electron chi connectivity index (χ3n) is 8.00. The first-order valence-electron chi connectivity index (χ1n) is 12.5. The van der Waals surface area contributed by atoms with Crippen LogP contribution in [0.2, 0.25) is 0 Å². The fourth-order valence-electron chi connectivity index (χ4n) is 6.49. The van der Waals surface area contributed by atoms with E-state index in [1.807, 2.05) is 0 Å². The Hall–Kier alpha value is -4.82. The first kappa shape index (κ1) is 18.5. The molecule has 36 heavy (non-hydrogen) atoms. The third kappa shape index (κ3) is 2.18. The number of hydrogen-bond donors (Lipinski definition) is 0. The number of rotatable bonds is 1. The Labute approximate surface area is 206 Å². The lowest BCUT2D eigenvalue weighted by Gasteiger charge is -2.09. The Balaban J connectivity index is 1.43. The number of nitrogens with zero attached hydrogens (tertiary/aromatic N) is 2. The molecule has 0 fully saturated rings. The average molecular weight is 457 g/mol. The Bertz CT molecular complexity index is 2260. The van der Waals surface area contributed by atoms with E-state index in [-0.39, 0.29) is 0 Å². The molecule has 9 rings (SSSR count). The van der Waals surface area contributed by atoms with Crippen LogP contribution in [0.3, 0.4) is 0 Å². The van der Waals surface area contributed by atoms with Gasteiger partial charge < -0.3 is 8.97 Å². The molecule has 0 atom stereocenters. The molecule has 0 aliphatic rings. The number of hydrogen-bond acceptors (Lipinski definition) is 0. The summed E-state index contributed by atoms with van der Waals surface area (Å²) in [5.74, 6) is 0. The van der Waals surface area contributed by atoms with Gasteiger partial charge in [0.05, 0.1) is 27.6 Å². The number of para-hydroxylation sites is 3. The first-order chi connectivity index (χ1) is 17.9. The molecule has 3 heterocycles. The molecule has 3 aromatic heterocycles. The maximum Gasteiger partial charge on any atom is 0.0620 e. The van der Waals surface area contributed by atoms with Crippen molar-refractivity contribution in [2.24, 2.45) is 0 Å². The van der Waals surface area contributed by atoms with Gasteiger partial charge in [0.2, 0.25) is 0 Å². The van der Waals surface area contributed by atoms with Crippen LogP contribution >= 0.6 is 0 Å². The molecule has 0 bridgehead atoms. The highest BCUT2D eigenvalue weighted by atomic mass is 15.0. The minimum absolute atomic E-state index is 1.20. The highest BCUT2D eigenvalue weighted by Crippen LogP contribution is 2.41. The second-order valence-corrected chi connectivity index (χ2v) is 9.82. The lowest BCUT2D eigenvalue weighted by molar-refractivity contribution is 1.18. The third-order valence-corrected chi connectivity index (χ3v) is 8.00. The molecule has 6 aromatic carbocycles. The molecule has 2 heteroatoms. The molecule has 0 aliphatic carbocycles. The van der Waals surface area contributed by atoms with Gasteiger partial charge in [-0.3, -0.25) is 0 Å². The van der Waals surface area contributed by atoms with Crippen molar-refractivity contribution in [3.05, 3.63) is 121 Å². The van der Waals surface area contributed by atoms with Crippen molar-refractivity contribution in [2.45, 2.75) is 0 Å². The smallest absolute Gasteiger partial charge is 0.0620 e. The molecule has 0 saturated carbocycles. The van der Waals surface area contributed by atoms with Crippen LogP contribution in [-0.4, -0.2) is 8.97 Å². The van der Waals surface area contributed by atoms with Crippen molar-refractivity contribution >= 4 is 70.7 Å². The summed E-state index contributed by atoms with van der Waals surface area (Å²) >= 11 is 0. The lowest BCUT2D eigenvalue weighted by Crippen LogP contribution is -1.93. The molecule has 0 radical (unpaired) electrons. The van der Waals surface area contributed by atoms with Crippen LogP contribution in [0.5, 0.6) is 0 Å². The van der Waals surface area contributed by atoms with Gasteiger partial charge in [-0.05, 0) is 53.2 Å². The fraction of sp³-hybridized carbons (Fsp3) is 0. The standard InChI is InChI=1S/C34H20N2/c1-2-9-22-19-33-28(18-21(22)8-1)26-12-7-13-27-29-20-23(16-17-32(29)36(33)34(26)27)35-30-14-5-3-10-24(30)25-11-4-6-15-31(25)35/h1-20H. The van der Waals surface area contributed by atoms with Crippen LogP contribution in [0.25, 0.3) is 76.4 Å². The van der Waals surface area contributed by atoms with Crippen LogP contribution in [0, 0.1) is 0 Å². The maximum atomic E-state index is 2.47. The Morgan fingerprint density at radius 1 is 0.361 bits per heavy atom. The molecular weight excluding hydrogens is 436 g/mol. The van der Waals surface area contributed by atoms with E-state index in [2.05, 4.69) is 130 Å². The van der Waals surface area contributed by atoms with E-state index in [1.165, 1.54) is 76.4 Å². The van der Waals surface area contributed by atoms with Gasteiger partial charge >= 0.3 is 0 Å². The van der Waals surface area contributed by atoms with Crippen molar-refractivity contribution in [3.8, 4) is 5.69 Å². The quantitative estimate of drug-likeness (QED) is 0.233. The van der Waals surface area contributed by atoms with Crippen LogP contribution in [0.15, 0.2) is 121 Å². The second kappa shape index (κ2) is 6.44. The molecule has 0 saturated heterocycles.